The van der Waals surface area contributed by atoms with Gasteiger partial charge in [0.15, 0.2) is 5.84 Å². The van der Waals surface area contributed by atoms with Gasteiger partial charge in [-0.3, -0.25) is 5.43 Å². The minimum absolute atomic E-state index is 0.0420. The van der Waals surface area contributed by atoms with Crippen molar-refractivity contribution in [1.29, 1.82) is 0 Å². The number of hydrogen-bond acceptors (Lipinski definition) is 6. The van der Waals surface area contributed by atoms with E-state index in [2.05, 4.69) is 30.7 Å². The smallest absolute Gasteiger partial charge is 0.270 e. The molecule has 1 N–H and O–H groups in total. The molecule has 4 aromatic rings. The van der Waals surface area contributed by atoms with Crippen LogP contribution in [-0.2, 0) is 0 Å². The van der Waals surface area contributed by atoms with Crippen molar-refractivity contribution in [2.75, 3.05) is 12.5 Å². The molecule has 0 aliphatic heterocycles. The second-order valence-corrected chi connectivity index (χ2v) is 7.84. The van der Waals surface area contributed by atoms with Crippen LogP contribution in [0.15, 0.2) is 106 Å². The van der Waals surface area contributed by atoms with Gasteiger partial charge in [0.1, 0.15) is 5.75 Å². The molecule has 34 heavy (non-hydrogen) atoms. The van der Waals surface area contributed by atoms with E-state index < -0.39 is 0 Å². The first-order valence-corrected chi connectivity index (χ1v) is 11.0. The number of rotatable bonds is 7. The van der Waals surface area contributed by atoms with Crippen molar-refractivity contribution in [2.24, 2.45) is 21.2 Å². The number of ether oxygens (including phenoxy) is 1. The molecule has 0 spiro atoms. The number of aromatic nitrogens is 2. The molecular formula is C27H26N6O. The molecule has 170 valence electrons. The number of methoxy groups -OCH3 is 1. The third kappa shape index (κ3) is 5.89. The van der Waals surface area contributed by atoms with E-state index in [-0.39, 0.29) is 11.9 Å². The van der Waals surface area contributed by atoms with Crippen molar-refractivity contribution in [3.05, 3.63) is 91.0 Å². The maximum Gasteiger partial charge on any atom is 0.270 e. The predicted octanol–water partition coefficient (Wildman–Crippen LogP) is 6.98. The molecule has 0 aliphatic carbocycles. The Morgan fingerprint density at radius 3 is 1.85 bits per heavy atom. The fourth-order valence-electron chi connectivity index (χ4n) is 3.14. The summed E-state index contributed by atoms with van der Waals surface area (Å²) in [6.45, 7) is 4.01. The fraction of sp³-hybridized carbons (Fsp3) is 0.148. The maximum atomic E-state index is 5.19. The summed E-state index contributed by atoms with van der Waals surface area (Å²) in [5.41, 5.74) is 7.38. The van der Waals surface area contributed by atoms with E-state index in [9.17, 15) is 0 Å². The van der Waals surface area contributed by atoms with Gasteiger partial charge < -0.3 is 4.74 Å². The van der Waals surface area contributed by atoms with Crippen LogP contribution in [0.25, 0.3) is 22.5 Å². The van der Waals surface area contributed by atoms with E-state index in [4.69, 9.17) is 4.74 Å². The Kier molecular flexibility index (Phi) is 7.35. The van der Waals surface area contributed by atoms with Crippen LogP contribution in [-0.4, -0.2) is 22.9 Å². The van der Waals surface area contributed by atoms with Crippen LogP contribution in [0.1, 0.15) is 13.8 Å². The molecular weight excluding hydrogens is 424 g/mol. The van der Waals surface area contributed by atoms with Gasteiger partial charge in [-0.25, -0.2) is 9.97 Å². The summed E-state index contributed by atoms with van der Waals surface area (Å²) in [5.74, 6) is 1.63. The van der Waals surface area contributed by atoms with Gasteiger partial charge in [0.2, 0.25) is 0 Å². The van der Waals surface area contributed by atoms with Crippen LogP contribution < -0.4 is 10.2 Å². The number of hydrogen-bond donors (Lipinski definition) is 1. The second kappa shape index (κ2) is 11.0. The lowest BCUT2D eigenvalue weighted by Gasteiger charge is -2.08. The maximum absolute atomic E-state index is 5.19. The van der Waals surface area contributed by atoms with Crippen LogP contribution in [0.4, 0.5) is 11.6 Å². The fourth-order valence-corrected chi connectivity index (χ4v) is 3.14. The summed E-state index contributed by atoms with van der Waals surface area (Å²) in [7, 11) is 1.63. The molecule has 0 bridgehead atoms. The SMILES string of the molecule is COc1ccc(N/N=C(\N=Nc2nc(-c3ccccc3)cc(-c3ccccc3)n2)C(C)C)cc1. The van der Waals surface area contributed by atoms with Gasteiger partial charge in [0.05, 0.1) is 24.2 Å². The molecule has 7 nitrogen and oxygen atoms in total. The van der Waals surface area contributed by atoms with Crippen molar-refractivity contribution in [3.8, 4) is 28.3 Å². The summed E-state index contributed by atoms with van der Waals surface area (Å²) in [5, 5.41) is 13.2. The van der Waals surface area contributed by atoms with E-state index in [1.54, 1.807) is 7.11 Å². The van der Waals surface area contributed by atoms with Gasteiger partial charge >= 0.3 is 0 Å². The Balaban J connectivity index is 1.65. The number of hydrazone groups is 1. The highest BCUT2D eigenvalue weighted by atomic mass is 16.5. The van der Waals surface area contributed by atoms with Crippen LogP contribution in [0.2, 0.25) is 0 Å². The number of nitrogens with zero attached hydrogens (tertiary/aromatic N) is 5. The van der Waals surface area contributed by atoms with Gasteiger partial charge in [0.25, 0.3) is 5.95 Å². The van der Waals surface area contributed by atoms with Crippen LogP contribution in [0.5, 0.6) is 5.75 Å². The minimum Gasteiger partial charge on any atom is -0.497 e. The van der Waals surface area contributed by atoms with Crippen LogP contribution in [0, 0.1) is 5.92 Å². The lowest BCUT2D eigenvalue weighted by Crippen LogP contribution is -2.06. The predicted molar refractivity (Wildman–Crippen MR) is 136 cm³/mol. The largest absolute Gasteiger partial charge is 0.497 e. The first-order chi connectivity index (χ1) is 16.6. The molecule has 1 heterocycles. The van der Waals surface area contributed by atoms with E-state index >= 15 is 0 Å². The van der Waals surface area contributed by atoms with Crippen molar-refractivity contribution >= 4 is 17.5 Å². The zero-order valence-electron chi connectivity index (χ0n) is 19.4. The van der Waals surface area contributed by atoms with Crippen LogP contribution >= 0.6 is 0 Å². The monoisotopic (exact) mass is 450 g/mol. The van der Waals surface area contributed by atoms with Gasteiger partial charge in [-0.1, -0.05) is 74.5 Å². The Morgan fingerprint density at radius 2 is 1.35 bits per heavy atom. The highest BCUT2D eigenvalue weighted by Gasteiger charge is 2.10. The van der Waals surface area contributed by atoms with Gasteiger partial charge in [-0.2, -0.15) is 5.10 Å². The Morgan fingerprint density at radius 1 is 0.794 bits per heavy atom. The molecule has 0 amide bonds. The lowest BCUT2D eigenvalue weighted by molar-refractivity contribution is 0.415. The summed E-state index contributed by atoms with van der Waals surface area (Å²) < 4.78 is 5.19. The van der Waals surface area contributed by atoms with Crippen molar-refractivity contribution in [1.82, 2.24) is 9.97 Å². The third-order valence-electron chi connectivity index (χ3n) is 5.00. The van der Waals surface area contributed by atoms with E-state index in [0.29, 0.717) is 5.84 Å². The zero-order valence-corrected chi connectivity index (χ0v) is 19.4. The number of azo groups is 1. The summed E-state index contributed by atoms with van der Waals surface area (Å²) in [4.78, 5) is 9.27. The van der Waals surface area contributed by atoms with Gasteiger partial charge in [-0.05, 0) is 30.3 Å². The standard InChI is InChI=1S/C27H26N6O/c1-19(2)26(31-30-22-14-16-23(34-3)17-15-22)32-33-27-28-24(20-10-6-4-7-11-20)18-25(29-27)21-12-8-5-9-13-21/h4-19,30H,1-3H3/b31-26-,33-32?. The number of benzene rings is 3. The number of nitrogens with one attached hydrogen (secondary N) is 1. The van der Waals surface area contributed by atoms with Crippen molar-refractivity contribution in [2.45, 2.75) is 13.8 Å². The van der Waals surface area contributed by atoms with Crippen molar-refractivity contribution < 1.29 is 4.74 Å². The second-order valence-electron chi connectivity index (χ2n) is 7.84. The molecule has 7 heteroatoms. The molecule has 0 saturated carbocycles. The first-order valence-electron chi connectivity index (χ1n) is 11.0. The number of amidine groups is 1. The van der Waals surface area contributed by atoms with E-state index in [1.165, 1.54) is 0 Å². The molecule has 0 aliphatic rings. The molecule has 0 atom stereocenters. The highest BCUT2D eigenvalue weighted by molar-refractivity contribution is 5.85. The average Bonchev–Trinajstić information content (AvgIpc) is 2.89. The molecule has 0 unspecified atom stereocenters. The molecule has 0 radical (unpaired) electrons. The Labute approximate surface area is 199 Å². The Bertz CT molecular complexity index is 1210. The summed E-state index contributed by atoms with van der Waals surface area (Å²) in [6.07, 6.45) is 0. The first kappa shape index (κ1) is 22.8. The number of anilines is 1. The van der Waals surface area contributed by atoms with Gasteiger partial charge in [-0.15, -0.1) is 10.2 Å². The highest BCUT2D eigenvalue weighted by Crippen LogP contribution is 2.26. The average molecular weight is 451 g/mol. The van der Waals surface area contributed by atoms with Crippen molar-refractivity contribution in [3.63, 3.8) is 0 Å². The summed E-state index contributed by atoms with van der Waals surface area (Å²) in [6, 6.07) is 29.4. The van der Waals surface area contributed by atoms with Crippen LogP contribution in [0.3, 0.4) is 0 Å². The molecule has 3 aromatic carbocycles. The van der Waals surface area contributed by atoms with E-state index in [1.807, 2.05) is 105 Å². The quantitative estimate of drug-likeness (QED) is 0.142. The zero-order chi connectivity index (χ0) is 23.8. The Hall–Kier alpha value is -4.39. The van der Waals surface area contributed by atoms with E-state index in [0.717, 1.165) is 34.0 Å². The third-order valence-corrected chi connectivity index (χ3v) is 5.00. The summed E-state index contributed by atoms with van der Waals surface area (Å²) >= 11 is 0. The minimum atomic E-state index is 0.0420. The molecule has 1 aromatic heterocycles. The molecule has 0 fully saturated rings. The topological polar surface area (TPSA) is 84.1 Å². The normalized spacial score (nSPS) is 11.7. The molecule has 0 saturated heterocycles. The molecule has 4 rings (SSSR count). The lowest BCUT2D eigenvalue weighted by atomic mass is 10.1. The van der Waals surface area contributed by atoms with Gasteiger partial charge in [0, 0.05) is 17.0 Å².